The average Bonchev–Trinajstić information content (AvgIpc) is 3.27. The Morgan fingerprint density at radius 1 is 1.19 bits per heavy atom. The molecule has 7 heteroatoms. The Balaban J connectivity index is 1.71. The summed E-state index contributed by atoms with van der Waals surface area (Å²) in [4.78, 5) is 31.3. The van der Waals surface area contributed by atoms with Crippen molar-refractivity contribution in [2.75, 3.05) is 13.1 Å². The normalized spacial score (nSPS) is 14.3. The Labute approximate surface area is 150 Å². The molecule has 1 saturated heterocycles. The number of carbonyl (C=O) groups is 1. The van der Waals surface area contributed by atoms with E-state index in [4.69, 9.17) is 0 Å². The van der Waals surface area contributed by atoms with Crippen molar-refractivity contribution >= 4 is 16.9 Å². The second-order valence-electron chi connectivity index (χ2n) is 6.85. The molecule has 4 rings (SSSR count). The summed E-state index contributed by atoms with van der Waals surface area (Å²) in [5.74, 6) is -0.0347. The highest BCUT2D eigenvalue weighted by molar-refractivity contribution is 5.78. The third kappa shape index (κ3) is 2.79. The molecule has 0 radical (unpaired) electrons. The molecule has 1 aromatic carbocycles. The van der Waals surface area contributed by atoms with E-state index in [0.717, 1.165) is 37.2 Å². The van der Waals surface area contributed by atoms with E-state index in [1.165, 1.54) is 22.7 Å². The van der Waals surface area contributed by atoms with Crippen molar-refractivity contribution < 1.29 is 4.79 Å². The molecule has 7 nitrogen and oxygen atoms in total. The van der Waals surface area contributed by atoms with Crippen LogP contribution in [0.3, 0.4) is 0 Å². The van der Waals surface area contributed by atoms with Crippen LogP contribution in [0.5, 0.6) is 0 Å². The maximum atomic E-state index is 12.8. The van der Waals surface area contributed by atoms with Crippen LogP contribution in [0.15, 0.2) is 35.5 Å². The zero-order valence-corrected chi connectivity index (χ0v) is 15.0. The Kier molecular flexibility index (Phi) is 4.06. The van der Waals surface area contributed by atoms with Gasteiger partial charge in [-0.3, -0.25) is 14.2 Å². The average molecular weight is 351 g/mol. The van der Waals surface area contributed by atoms with Gasteiger partial charge in [0, 0.05) is 13.1 Å². The van der Waals surface area contributed by atoms with Crippen LogP contribution >= 0.6 is 0 Å². The molecule has 0 aliphatic carbocycles. The maximum Gasteiger partial charge on any atom is 0.264 e. The number of aromatic nitrogens is 4. The van der Waals surface area contributed by atoms with Crippen molar-refractivity contribution in [3.05, 3.63) is 52.2 Å². The molecular weight excluding hydrogens is 330 g/mol. The number of benzene rings is 1. The lowest BCUT2D eigenvalue weighted by atomic mass is 10.1. The molecule has 0 unspecified atom stereocenters. The van der Waals surface area contributed by atoms with Gasteiger partial charge >= 0.3 is 0 Å². The first-order valence-corrected chi connectivity index (χ1v) is 8.83. The van der Waals surface area contributed by atoms with Gasteiger partial charge in [0.2, 0.25) is 5.91 Å². The van der Waals surface area contributed by atoms with E-state index in [1.807, 2.05) is 26.0 Å². The Bertz CT molecular complexity index is 1040. The first-order valence-electron chi connectivity index (χ1n) is 8.83. The number of hydrogen-bond acceptors (Lipinski definition) is 4. The Morgan fingerprint density at radius 3 is 2.69 bits per heavy atom. The van der Waals surface area contributed by atoms with Gasteiger partial charge in [0.15, 0.2) is 5.65 Å². The fraction of sp³-hybridized carbons (Fsp3) is 0.368. The number of fused-ring (bicyclic) bond motifs is 1. The van der Waals surface area contributed by atoms with Gasteiger partial charge in [0.1, 0.15) is 18.3 Å². The topological polar surface area (TPSA) is 73.0 Å². The molecule has 0 atom stereocenters. The van der Waals surface area contributed by atoms with Crippen LogP contribution in [-0.2, 0) is 11.3 Å². The van der Waals surface area contributed by atoms with Crippen LogP contribution in [0.4, 0.5) is 0 Å². The summed E-state index contributed by atoms with van der Waals surface area (Å²) in [5, 5.41) is 4.78. The van der Waals surface area contributed by atoms with Crippen molar-refractivity contribution in [3.8, 4) is 5.69 Å². The molecule has 0 spiro atoms. The van der Waals surface area contributed by atoms with E-state index in [0.29, 0.717) is 11.0 Å². The van der Waals surface area contributed by atoms with Crippen LogP contribution in [0.25, 0.3) is 16.7 Å². The first kappa shape index (κ1) is 16.5. The smallest absolute Gasteiger partial charge is 0.264 e. The predicted octanol–water partition coefficient (Wildman–Crippen LogP) is 1.82. The number of hydrogen-bond donors (Lipinski definition) is 0. The largest absolute Gasteiger partial charge is 0.341 e. The molecule has 1 aliphatic heterocycles. The first-order chi connectivity index (χ1) is 12.5. The lowest BCUT2D eigenvalue weighted by Crippen LogP contribution is -2.34. The molecular formula is C19H21N5O2. The van der Waals surface area contributed by atoms with Gasteiger partial charge in [-0.2, -0.15) is 5.10 Å². The van der Waals surface area contributed by atoms with Crippen molar-refractivity contribution in [2.45, 2.75) is 33.2 Å². The van der Waals surface area contributed by atoms with E-state index < -0.39 is 0 Å². The fourth-order valence-electron chi connectivity index (χ4n) is 3.49. The summed E-state index contributed by atoms with van der Waals surface area (Å²) in [6.07, 6.45) is 5.03. The number of aryl methyl sites for hydroxylation is 2. The quantitative estimate of drug-likeness (QED) is 0.721. The van der Waals surface area contributed by atoms with E-state index in [9.17, 15) is 9.59 Å². The SMILES string of the molecule is Cc1ccc(-n2ncc3c(=O)n(CC(=O)N4CCCC4)cnc32)c(C)c1. The molecule has 0 bridgehead atoms. The van der Waals surface area contributed by atoms with Crippen molar-refractivity contribution in [3.63, 3.8) is 0 Å². The molecule has 0 saturated carbocycles. The lowest BCUT2D eigenvalue weighted by molar-refractivity contribution is -0.130. The van der Waals surface area contributed by atoms with Gasteiger partial charge in [-0.05, 0) is 38.3 Å². The minimum absolute atomic E-state index is 0.0243. The molecule has 1 aliphatic rings. The number of nitrogens with zero attached hydrogens (tertiary/aromatic N) is 5. The molecule has 0 N–H and O–H groups in total. The molecule has 26 heavy (non-hydrogen) atoms. The van der Waals surface area contributed by atoms with Crippen LogP contribution in [0, 0.1) is 13.8 Å². The summed E-state index contributed by atoms with van der Waals surface area (Å²) in [5.41, 5.74) is 3.39. The summed E-state index contributed by atoms with van der Waals surface area (Å²) in [6, 6.07) is 6.05. The second-order valence-corrected chi connectivity index (χ2v) is 6.85. The molecule has 3 aromatic rings. The van der Waals surface area contributed by atoms with Gasteiger partial charge < -0.3 is 4.90 Å². The lowest BCUT2D eigenvalue weighted by Gasteiger charge is -2.15. The third-order valence-corrected chi connectivity index (χ3v) is 4.90. The number of likely N-dealkylation sites (tertiary alicyclic amines) is 1. The number of amides is 1. The summed E-state index contributed by atoms with van der Waals surface area (Å²) in [7, 11) is 0. The monoisotopic (exact) mass is 351 g/mol. The van der Waals surface area contributed by atoms with Crippen molar-refractivity contribution in [2.24, 2.45) is 0 Å². The summed E-state index contributed by atoms with van der Waals surface area (Å²) < 4.78 is 3.05. The predicted molar refractivity (Wildman–Crippen MR) is 98.4 cm³/mol. The molecule has 134 valence electrons. The summed E-state index contributed by atoms with van der Waals surface area (Å²) in [6.45, 7) is 5.61. The highest BCUT2D eigenvalue weighted by Gasteiger charge is 2.20. The van der Waals surface area contributed by atoms with Crippen LogP contribution in [-0.4, -0.2) is 43.2 Å². The number of carbonyl (C=O) groups excluding carboxylic acids is 1. The molecule has 3 heterocycles. The van der Waals surface area contributed by atoms with Gasteiger partial charge in [-0.1, -0.05) is 17.7 Å². The minimum atomic E-state index is -0.237. The maximum absolute atomic E-state index is 12.8. The van der Waals surface area contributed by atoms with Gasteiger partial charge in [-0.15, -0.1) is 0 Å². The van der Waals surface area contributed by atoms with Gasteiger partial charge in [-0.25, -0.2) is 9.67 Å². The zero-order chi connectivity index (χ0) is 18.3. The molecule has 2 aromatic heterocycles. The summed E-state index contributed by atoms with van der Waals surface area (Å²) >= 11 is 0. The number of rotatable bonds is 3. The van der Waals surface area contributed by atoms with E-state index >= 15 is 0 Å². The highest BCUT2D eigenvalue weighted by Crippen LogP contribution is 2.18. The second kappa shape index (κ2) is 6.40. The van der Waals surface area contributed by atoms with Crippen LogP contribution < -0.4 is 5.56 Å². The highest BCUT2D eigenvalue weighted by atomic mass is 16.2. The van der Waals surface area contributed by atoms with E-state index in [1.54, 1.807) is 9.58 Å². The van der Waals surface area contributed by atoms with Crippen molar-refractivity contribution in [1.82, 2.24) is 24.2 Å². The van der Waals surface area contributed by atoms with Crippen LogP contribution in [0.1, 0.15) is 24.0 Å². The minimum Gasteiger partial charge on any atom is -0.341 e. The third-order valence-electron chi connectivity index (χ3n) is 4.90. The molecule has 1 fully saturated rings. The van der Waals surface area contributed by atoms with Gasteiger partial charge in [0.05, 0.1) is 11.9 Å². The molecule has 1 amide bonds. The van der Waals surface area contributed by atoms with Crippen molar-refractivity contribution in [1.29, 1.82) is 0 Å². The zero-order valence-electron chi connectivity index (χ0n) is 15.0. The Hall–Kier alpha value is -2.96. The van der Waals surface area contributed by atoms with Crippen LogP contribution in [0.2, 0.25) is 0 Å². The van der Waals surface area contributed by atoms with Gasteiger partial charge in [0.25, 0.3) is 5.56 Å². The Morgan fingerprint density at radius 2 is 1.96 bits per heavy atom. The van der Waals surface area contributed by atoms with E-state index in [2.05, 4.69) is 16.1 Å². The standard InChI is InChI=1S/C19H21N5O2/c1-13-5-6-16(14(2)9-13)24-18-15(10-21-24)19(26)23(12-20-18)11-17(25)22-7-3-4-8-22/h5-6,9-10,12H,3-4,7-8,11H2,1-2H3. The van der Waals surface area contributed by atoms with E-state index in [-0.39, 0.29) is 18.0 Å². The fourth-order valence-corrected chi connectivity index (χ4v) is 3.49.